The minimum absolute atomic E-state index is 0.269. The van der Waals surface area contributed by atoms with E-state index in [2.05, 4.69) is 11.9 Å². The summed E-state index contributed by atoms with van der Waals surface area (Å²) in [6, 6.07) is 9.87. The van der Waals surface area contributed by atoms with Crippen LogP contribution in [-0.2, 0) is 0 Å². The largest absolute Gasteiger partial charge is 0.494 e. The van der Waals surface area contributed by atoms with Crippen LogP contribution in [0.15, 0.2) is 30.3 Å². The quantitative estimate of drug-likeness (QED) is 0.682. The molecule has 90 valence electrons. The van der Waals surface area contributed by atoms with E-state index in [0.29, 0.717) is 0 Å². The molecule has 16 heavy (non-hydrogen) atoms. The summed E-state index contributed by atoms with van der Waals surface area (Å²) in [7, 11) is 2.07. The molecule has 1 aromatic carbocycles. The van der Waals surface area contributed by atoms with Gasteiger partial charge in [0.2, 0.25) is 0 Å². The smallest absolute Gasteiger partial charge is 0.119 e. The Morgan fingerprint density at radius 1 is 1.12 bits per heavy atom. The van der Waals surface area contributed by atoms with E-state index in [1.807, 2.05) is 30.3 Å². The Morgan fingerprint density at radius 2 is 1.81 bits per heavy atom. The van der Waals surface area contributed by atoms with Crippen molar-refractivity contribution in [2.24, 2.45) is 0 Å². The average molecular weight is 223 g/mol. The number of hydrogen-bond donors (Lipinski definition) is 1. The molecular weight excluding hydrogens is 202 g/mol. The van der Waals surface area contributed by atoms with Gasteiger partial charge in [-0.2, -0.15) is 0 Å². The molecule has 0 spiro atoms. The van der Waals surface area contributed by atoms with Crippen LogP contribution in [0.4, 0.5) is 0 Å². The molecule has 1 N–H and O–H groups in total. The zero-order valence-corrected chi connectivity index (χ0v) is 9.93. The van der Waals surface area contributed by atoms with Crippen molar-refractivity contribution in [3.8, 4) is 5.75 Å². The molecule has 0 aliphatic carbocycles. The number of aliphatic hydroxyl groups is 1. The molecule has 0 radical (unpaired) electrons. The van der Waals surface area contributed by atoms with Crippen LogP contribution in [0.5, 0.6) is 5.75 Å². The van der Waals surface area contributed by atoms with Crippen LogP contribution < -0.4 is 4.74 Å². The van der Waals surface area contributed by atoms with Crippen LogP contribution in [0.2, 0.25) is 0 Å². The molecule has 0 aliphatic heterocycles. The number of hydrogen-bond acceptors (Lipinski definition) is 3. The van der Waals surface area contributed by atoms with Gasteiger partial charge in [-0.05, 0) is 32.0 Å². The van der Waals surface area contributed by atoms with E-state index < -0.39 is 0 Å². The van der Waals surface area contributed by atoms with Gasteiger partial charge >= 0.3 is 0 Å². The van der Waals surface area contributed by atoms with Crippen molar-refractivity contribution in [2.75, 3.05) is 33.4 Å². The molecule has 0 heterocycles. The fourth-order valence-corrected chi connectivity index (χ4v) is 1.49. The summed E-state index contributed by atoms with van der Waals surface area (Å²) >= 11 is 0. The molecule has 0 aliphatic rings. The van der Waals surface area contributed by atoms with Crippen molar-refractivity contribution >= 4 is 0 Å². The van der Waals surface area contributed by atoms with Gasteiger partial charge in [-0.15, -0.1) is 0 Å². The summed E-state index contributed by atoms with van der Waals surface area (Å²) < 4.78 is 5.58. The maximum atomic E-state index is 8.68. The maximum Gasteiger partial charge on any atom is 0.119 e. The first kappa shape index (κ1) is 13.0. The third-order valence-corrected chi connectivity index (χ3v) is 2.39. The van der Waals surface area contributed by atoms with E-state index in [-0.39, 0.29) is 6.61 Å². The second-order valence-electron chi connectivity index (χ2n) is 3.90. The van der Waals surface area contributed by atoms with Crippen molar-refractivity contribution in [1.82, 2.24) is 4.90 Å². The molecule has 3 heteroatoms. The maximum absolute atomic E-state index is 8.68. The van der Waals surface area contributed by atoms with Crippen molar-refractivity contribution in [3.05, 3.63) is 30.3 Å². The number of ether oxygens (including phenoxy) is 1. The minimum Gasteiger partial charge on any atom is -0.494 e. The third kappa shape index (κ3) is 5.73. The molecule has 0 saturated heterocycles. The van der Waals surface area contributed by atoms with E-state index in [9.17, 15) is 0 Å². The molecule has 0 amide bonds. The van der Waals surface area contributed by atoms with E-state index in [1.165, 1.54) is 0 Å². The lowest BCUT2D eigenvalue weighted by atomic mass is 10.3. The monoisotopic (exact) mass is 223 g/mol. The van der Waals surface area contributed by atoms with Crippen molar-refractivity contribution in [3.63, 3.8) is 0 Å². The summed E-state index contributed by atoms with van der Waals surface area (Å²) in [5.74, 6) is 0.931. The molecule has 1 aromatic rings. The molecule has 0 aromatic heterocycles. The minimum atomic E-state index is 0.269. The second-order valence-corrected chi connectivity index (χ2v) is 3.90. The molecule has 1 rings (SSSR count). The highest BCUT2D eigenvalue weighted by Crippen LogP contribution is 2.08. The Hall–Kier alpha value is -1.06. The molecule has 0 bridgehead atoms. The lowest BCUT2D eigenvalue weighted by Gasteiger charge is -2.15. The number of nitrogens with zero attached hydrogens (tertiary/aromatic N) is 1. The number of benzene rings is 1. The molecule has 0 unspecified atom stereocenters. The predicted molar refractivity (Wildman–Crippen MR) is 65.8 cm³/mol. The molecule has 3 nitrogen and oxygen atoms in total. The second kappa shape index (κ2) is 8.13. The van der Waals surface area contributed by atoms with Gasteiger partial charge in [-0.3, -0.25) is 0 Å². The van der Waals surface area contributed by atoms with Gasteiger partial charge in [0.05, 0.1) is 6.61 Å². The fourth-order valence-electron chi connectivity index (χ4n) is 1.49. The normalized spacial score (nSPS) is 10.7. The van der Waals surface area contributed by atoms with E-state index >= 15 is 0 Å². The van der Waals surface area contributed by atoms with Crippen molar-refractivity contribution < 1.29 is 9.84 Å². The SMILES string of the molecule is CN(CCCO)CCCOc1ccccc1. The lowest BCUT2D eigenvalue weighted by molar-refractivity contribution is 0.231. The Kier molecular flexibility index (Phi) is 6.61. The summed E-state index contributed by atoms with van der Waals surface area (Å²) in [6.07, 6.45) is 1.85. The Balaban J connectivity index is 2.03. The highest BCUT2D eigenvalue weighted by Gasteiger charge is 1.97. The van der Waals surface area contributed by atoms with E-state index in [4.69, 9.17) is 9.84 Å². The molecular formula is C13H21NO2. The first-order valence-electron chi connectivity index (χ1n) is 5.80. The van der Waals surface area contributed by atoms with Crippen molar-refractivity contribution in [2.45, 2.75) is 12.8 Å². The summed E-state index contributed by atoms with van der Waals surface area (Å²) in [5.41, 5.74) is 0. The summed E-state index contributed by atoms with van der Waals surface area (Å²) in [5, 5.41) is 8.68. The van der Waals surface area contributed by atoms with Crippen LogP contribution in [0.1, 0.15) is 12.8 Å². The van der Waals surface area contributed by atoms with Gasteiger partial charge in [0.1, 0.15) is 5.75 Å². The van der Waals surface area contributed by atoms with Gasteiger partial charge in [-0.25, -0.2) is 0 Å². The first-order chi connectivity index (χ1) is 7.83. The third-order valence-electron chi connectivity index (χ3n) is 2.39. The highest BCUT2D eigenvalue weighted by atomic mass is 16.5. The zero-order chi connectivity index (χ0) is 11.6. The Labute approximate surface area is 97.7 Å². The number of para-hydroxylation sites is 1. The average Bonchev–Trinajstić information content (AvgIpc) is 2.33. The van der Waals surface area contributed by atoms with Crippen LogP contribution >= 0.6 is 0 Å². The summed E-state index contributed by atoms with van der Waals surface area (Å²) in [4.78, 5) is 2.21. The fraction of sp³-hybridized carbons (Fsp3) is 0.538. The van der Waals surface area contributed by atoms with Gasteiger partial charge < -0.3 is 14.7 Å². The summed E-state index contributed by atoms with van der Waals surface area (Å²) in [6.45, 7) is 2.97. The predicted octanol–water partition coefficient (Wildman–Crippen LogP) is 1.77. The highest BCUT2D eigenvalue weighted by molar-refractivity contribution is 5.20. The van der Waals surface area contributed by atoms with Gasteiger partial charge in [0.15, 0.2) is 0 Å². The zero-order valence-electron chi connectivity index (χ0n) is 9.93. The molecule has 0 atom stereocenters. The standard InChI is InChI=1S/C13H21NO2/c1-14(9-5-11-15)10-6-12-16-13-7-3-2-4-8-13/h2-4,7-8,15H,5-6,9-12H2,1H3. The van der Waals surface area contributed by atoms with Gasteiger partial charge in [-0.1, -0.05) is 18.2 Å². The van der Waals surface area contributed by atoms with Gasteiger partial charge in [0, 0.05) is 19.7 Å². The van der Waals surface area contributed by atoms with Crippen LogP contribution in [0.25, 0.3) is 0 Å². The van der Waals surface area contributed by atoms with Crippen LogP contribution in [0, 0.1) is 0 Å². The Morgan fingerprint density at radius 3 is 2.50 bits per heavy atom. The molecule has 0 saturated carbocycles. The van der Waals surface area contributed by atoms with Crippen LogP contribution in [-0.4, -0.2) is 43.4 Å². The van der Waals surface area contributed by atoms with E-state index in [0.717, 1.165) is 38.3 Å². The molecule has 0 fully saturated rings. The van der Waals surface area contributed by atoms with Crippen molar-refractivity contribution in [1.29, 1.82) is 0 Å². The Bertz CT molecular complexity index is 264. The lowest BCUT2D eigenvalue weighted by Crippen LogP contribution is -2.23. The number of rotatable bonds is 8. The van der Waals surface area contributed by atoms with Crippen LogP contribution in [0.3, 0.4) is 0 Å². The topological polar surface area (TPSA) is 32.7 Å². The first-order valence-corrected chi connectivity index (χ1v) is 5.80. The number of aliphatic hydroxyl groups excluding tert-OH is 1. The van der Waals surface area contributed by atoms with Gasteiger partial charge in [0.25, 0.3) is 0 Å². The van der Waals surface area contributed by atoms with E-state index in [1.54, 1.807) is 0 Å².